The number of imidazole rings is 1. The van der Waals surface area contributed by atoms with Crippen molar-refractivity contribution >= 4 is 0 Å². The molecule has 0 aromatic carbocycles. The van der Waals surface area contributed by atoms with Gasteiger partial charge >= 0.3 is 0 Å². The highest BCUT2D eigenvalue weighted by Gasteiger charge is 2.01. The molecule has 0 aliphatic rings. The van der Waals surface area contributed by atoms with Gasteiger partial charge in [-0.2, -0.15) is 0 Å². The first kappa shape index (κ1) is 10.2. The van der Waals surface area contributed by atoms with Crippen molar-refractivity contribution in [2.75, 3.05) is 20.3 Å². The van der Waals surface area contributed by atoms with E-state index in [0.29, 0.717) is 19.7 Å². The summed E-state index contributed by atoms with van der Waals surface area (Å²) in [4.78, 5) is 6.83. The number of H-pyrrole nitrogens is 1. The van der Waals surface area contributed by atoms with Crippen LogP contribution in [0.2, 0.25) is 0 Å². The number of methoxy groups -OCH3 is 1. The number of nitrogens with zero attached hydrogens (tertiary/aromatic N) is 1. The van der Waals surface area contributed by atoms with E-state index < -0.39 is 6.10 Å². The first-order valence-electron chi connectivity index (χ1n) is 4.18. The Morgan fingerprint density at radius 3 is 3.23 bits per heavy atom. The maximum atomic E-state index is 9.26. The average molecular weight is 185 g/mol. The van der Waals surface area contributed by atoms with E-state index in [0.717, 1.165) is 5.69 Å². The van der Waals surface area contributed by atoms with Crippen molar-refractivity contribution in [3.63, 3.8) is 0 Å². The van der Waals surface area contributed by atoms with Gasteiger partial charge in [-0.15, -0.1) is 0 Å². The molecule has 0 spiro atoms. The van der Waals surface area contributed by atoms with Gasteiger partial charge in [-0.05, 0) is 0 Å². The van der Waals surface area contributed by atoms with Crippen LogP contribution in [0.15, 0.2) is 12.5 Å². The van der Waals surface area contributed by atoms with Gasteiger partial charge in [0.05, 0.1) is 19.0 Å². The largest absolute Gasteiger partial charge is 0.389 e. The molecular weight excluding hydrogens is 170 g/mol. The van der Waals surface area contributed by atoms with Crippen LogP contribution in [0.3, 0.4) is 0 Å². The van der Waals surface area contributed by atoms with E-state index in [1.807, 2.05) is 0 Å². The summed E-state index contributed by atoms with van der Waals surface area (Å²) in [6, 6.07) is 0. The summed E-state index contributed by atoms with van der Waals surface area (Å²) in [6.07, 6.45) is 2.92. The number of aliphatic hydroxyl groups is 1. The second-order valence-electron chi connectivity index (χ2n) is 2.82. The van der Waals surface area contributed by atoms with Crippen molar-refractivity contribution in [2.45, 2.75) is 12.6 Å². The lowest BCUT2D eigenvalue weighted by Crippen LogP contribution is -2.29. The quantitative estimate of drug-likeness (QED) is 0.559. The van der Waals surface area contributed by atoms with Crippen LogP contribution >= 0.6 is 0 Å². The Bertz CT molecular complexity index is 213. The third-order valence-electron chi connectivity index (χ3n) is 1.61. The molecule has 74 valence electrons. The van der Waals surface area contributed by atoms with Gasteiger partial charge in [-0.3, -0.25) is 0 Å². The van der Waals surface area contributed by atoms with Gasteiger partial charge in [-0.1, -0.05) is 0 Å². The van der Waals surface area contributed by atoms with E-state index in [4.69, 9.17) is 4.74 Å². The van der Waals surface area contributed by atoms with Crippen LogP contribution in [0, 0.1) is 0 Å². The lowest BCUT2D eigenvalue weighted by atomic mass is 10.3. The fourth-order valence-electron chi connectivity index (χ4n) is 1.01. The topological polar surface area (TPSA) is 70.2 Å². The Labute approximate surface area is 77.1 Å². The lowest BCUT2D eigenvalue weighted by molar-refractivity contribution is 0.0643. The van der Waals surface area contributed by atoms with Gasteiger partial charge in [-0.25, -0.2) is 4.98 Å². The third kappa shape index (κ3) is 4.02. The summed E-state index contributed by atoms with van der Waals surface area (Å²) >= 11 is 0. The Morgan fingerprint density at radius 1 is 1.77 bits per heavy atom. The van der Waals surface area contributed by atoms with Gasteiger partial charge in [0, 0.05) is 32.1 Å². The normalized spacial score (nSPS) is 13.1. The number of rotatable bonds is 6. The first-order valence-corrected chi connectivity index (χ1v) is 4.18. The number of hydrogen-bond donors (Lipinski definition) is 3. The number of hydrogen-bond acceptors (Lipinski definition) is 4. The molecule has 13 heavy (non-hydrogen) atoms. The van der Waals surface area contributed by atoms with Gasteiger partial charge in [0.1, 0.15) is 0 Å². The summed E-state index contributed by atoms with van der Waals surface area (Å²) in [5.41, 5.74) is 1.00. The number of nitrogens with one attached hydrogen (secondary N) is 2. The molecule has 1 heterocycles. The van der Waals surface area contributed by atoms with Crippen LogP contribution < -0.4 is 5.32 Å². The molecule has 0 radical (unpaired) electrons. The molecule has 5 nitrogen and oxygen atoms in total. The Hall–Kier alpha value is -0.910. The summed E-state index contributed by atoms with van der Waals surface area (Å²) < 4.78 is 4.78. The van der Waals surface area contributed by atoms with Gasteiger partial charge < -0.3 is 20.1 Å². The number of ether oxygens (including phenoxy) is 1. The van der Waals surface area contributed by atoms with Crippen molar-refractivity contribution in [3.8, 4) is 0 Å². The Balaban J connectivity index is 2.07. The van der Waals surface area contributed by atoms with Crippen LogP contribution in [0.5, 0.6) is 0 Å². The van der Waals surface area contributed by atoms with Crippen LogP contribution in [0.4, 0.5) is 0 Å². The molecule has 0 bridgehead atoms. The molecular formula is C8H15N3O2. The third-order valence-corrected chi connectivity index (χ3v) is 1.61. The second-order valence-corrected chi connectivity index (χ2v) is 2.82. The molecule has 1 aromatic rings. The van der Waals surface area contributed by atoms with Gasteiger partial charge in [0.15, 0.2) is 0 Å². The molecule has 0 fully saturated rings. The van der Waals surface area contributed by atoms with Crippen molar-refractivity contribution in [1.82, 2.24) is 15.3 Å². The van der Waals surface area contributed by atoms with Crippen molar-refractivity contribution in [3.05, 3.63) is 18.2 Å². The fraction of sp³-hybridized carbons (Fsp3) is 0.625. The van der Waals surface area contributed by atoms with E-state index in [1.165, 1.54) is 0 Å². The summed E-state index contributed by atoms with van der Waals surface area (Å²) in [6.45, 7) is 1.56. The van der Waals surface area contributed by atoms with Crippen LogP contribution in [-0.2, 0) is 11.3 Å². The monoisotopic (exact) mass is 185 g/mol. The molecule has 0 saturated carbocycles. The molecule has 5 heteroatoms. The standard InChI is InChI=1S/C8H15N3O2/c1-13-5-8(12)4-9-2-7-3-10-6-11-7/h3,6,8-9,12H,2,4-5H2,1H3,(H,10,11). The van der Waals surface area contributed by atoms with Crippen molar-refractivity contribution in [2.24, 2.45) is 0 Å². The SMILES string of the molecule is COCC(O)CNCc1cnc[nH]1. The van der Waals surface area contributed by atoms with E-state index in [-0.39, 0.29) is 0 Å². The van der Waals surface area contributed by atoms with Gasteiger partial charge in [0.25, 0.3) is 0 Å². The number of aromatic nitrogens is 2. The zero-order valence-electron chi connectivity index (χ0n) is 7.66. The van der Waals surface area contributed by atoms with E-state index in [2.05, 4.69) is 15.3 Å². The molecule has 1 aromatic heterocycles. The Kier molecular flexibility index (Phi) is 4.45. The van der Waals surface area contributed by atoms with E-state index in [9.17, 15) is 5.11 Å². The highest BCUT2D eigenvalue weighted by molar-refractivity contribution is 4.93. The minimum Gasteiger partial charge on any atom is -0.389 e. The summed E-state index contributed by atoms with van der Waals surface area (Å²) in [5.74, 6) is 0. The molecule has 3 N–H and O–H groups in total. The van der Waals surface area contributed by atoms with Gasteiger partial charge in [0.2, 0.25) is 0 Å². The van der Waals surface area contributed by atoms with Crippen molar-refractivity contribution in [1.29, 1.82) is 0 Å². The van der Waals surface area contributed by atoms with Crippen molar-refractivity contribution < 1.29 is 9.84 Å². The zero-order chi connectivity index (χ0) is 9.52. The minimum atomic E-state index is -0.451. The maximum absolute atomic E-state index is 9.26. The minimum absolute atomic E-state index is 0.357. The van der Waals surface area contributed by atoms with E-state index >= 15 is 0 Å². The van der Waals surface area contributed by atoms with Crippen LogP contribution in [0.1, 0.15) is 5.69 Å². The predicted molar refractivity (Wildman–Crippen MR) is 48.2 cm³/mol. The summed E-state index contributed by atoms with van der Waals surface area (Å²) in [7, 11) is 1.57. The smallest absolute Gasteiger partial charge is 0.0922 e. The predicted octanol–water partition coefficient (Wildman–Crippen LogP) is -0.493. The number of aromatic amines is 1. The molecule has 1 rings (SSSR count). The fourth-order valence-corrected chi connectivity index (χ4v) is 1.01. The molecule has 0 aliphatic heterocycles. The highest BCUT2D eigenvalue weighted by atomic mass is 16.5. The maximum Gasteiger partial charge on any atom is 0.0922 e. The van der Waals surface area contributed by atoms with Crippen LogP contribution in [0.25, 0.3) is 0 Å². The number of aliphatic hydroxyl groups excluding tert-OH is 1. The molecule has 0 amide bonds. The molecule has 0 aliphatic carbocycles. The lowest BCUT2D eigenvalue weighted by Gasteiger charge is -2.09. The molecule has 1 unspecified atom stereocenters. The van der Waals surface area contributed by atoms with Crippen LogP contribution in [-0.4, -0.2) is 41.4 Å². The first-order chi connectivity index (χ1) is 6.33. The summed E-state index contributed by atoms with van der Waals surface area (Å²) in [5, 5.41) is 12.3. The molecule has 0 saturated heterocycles. The molecule has 1 atom stereocenters. The zero-order valence-corrected chi connectivity index (χ0v) is 7.66. The Morgan fingerprint density at radius 2 is 2.62 bits per heavy atom. The van der Waals surface area contributed by atoms with E-state index in [1.54, 1.807) is 19.6 Å². The second kappa shape index (κ2) is 5.69. The average Bonchev–Trinajstić information content (AvgIpc) is 2.57. The highest BCUT2D eigenvalue weighted by Crippen LogP contribution is 1.89.